The number of ether oxygens (including phenoxy) is 1. The fourth-order valence-electron chi connectivity index (χ4n) is 3.59. The highest BCUT2D eigenvalue weighted by Crippen LogP contribution is 2.30. The summed E-state index contributed by atoms with van der Waals surface area (Å²) in [6.07, 6.45) is 2.31. The number of hydrogen-bond acceptors (Lipinski definition) is 8. The highest BCUT2D eigenvalue weighted by Gasteiger charge is 2.37. The standard InChI is InChI=1S/C22H25FN6O3S/c1-5-32-22(31)28(4)16-10-29(11-16)20(30)18-19-17(6-12(2)33-19)26-21(27-18)25-13(3)14-7-15(23)9-24-8-14/h6-9,13,16H,5,10-11H2,1-4H3,(H,25,26,27)/t13-/m0/s1. The van der Waals surface area contributed by atoms with E-state index in [0.29, 0.717) is 41.2 Å². The van der Waals surface area contributed by atoms with Gasteiger partial charge in [-0.25, -0.2) is 19.2 Å². The molecule has 4 rings (SSSR count). The minimum Gasteiger partial charge on any atom is -0.450 e. The van der Waals surface area contributed by atoms with Crippen LogP contribution in [-0.4, -0.2) is 69.5 Å². The number of carbonyl (C=O) groups is 2. The molecule has 0 radical (unpaired) electrons. The van der Waals surface area contributed by atoms with Gasteiger partial charge in [-0.15, -0.1) is 11.3 Å². The second-order valence-corrected chi connectivity index (χ2v) is 9.20. The third-order valence-corrected chi connectivity index (χ3v) is 6.57. The van der Waals surface area contributed by atoms with E-state index < -0.39 is 11.9 Å². The Balaban J connectivity index is 1.55. The smallest absolute Gasteiger partial charge is 0.409 e. The molecule has 1 N–H and O–H groups in total. The van der Waals surface area contributed by atoms with Crippen molar-refractivity contribution >= 4 is 39.5 Å². The van der Waals surface area contributed by atoms with Gasteiger partial charge in [0, 0.05) is 31.2 Å². The molecule has 4 heterocycles. The van der Waals surface area contributed by atoms with Gasteiger partial charge in [-0.2, -0.15) is 0 Å². The summed E-state index contributed by atoms with van der Waals surface area (Å²) in [5.74, 6) is -0.371. The lowest BCUT2D eigenvalue weighted by Gasteiger charge is -2.43. The highest BCUT2D eigenvalue weighted by molar-refractivity contribution is 7.19. The van der Waals surface area contributed by atoms with E-state index in [1.165, 1.54) is 22.3 Å². The number of likely N-dealkylation sites (N-methyl/N-ethyl adjacent to an activating group) is 1. The van der Waals surface area contributed by atoms with E-state index in [2.05, 4.69) is 20.3 Å². The molecule has 1 aliphatic rings. The normalized spacial score (nSPS) is 14.6. The molecule has 0 aliphatic carbocycles. The quantitative estimate of drug-likeness (QED) is 0.585. The summed E-state index contributed by atoms with van der Waals surface area (Å²) in [5, 5.41) is 3.15. The van der Waals surface area contributed by atoms with Crippen molar-refractivity contribution in [2.24, 2.45) is 0 Å². The molecule has 1 aliphatic heterocycles. The van der Waals surface area contributed by atoms with Crippen molar-refractivity contribution in [3.8, 4) is 0 Å². The highest BCUT2D eigenvalue weighted by atomic mass is 32.1. The molecule has 1 atom stereocenters. The Kier molecular flexibility index (Phi) is 6.41. The van der Waals surface area contributed by atoms with E-state index in [4.69, 9.17) is 4.74 Å². The average Bonchev–Trinajstić information content (AvgIpc) is 3.12. The van der Waals surface area contributed by atoms with Crippen LogP contribution in [0.2, 0.25) is 0 Å². The third-order valence-electron chi connectivity index (χ3n) is 5.52. The van der Waals surface area contributed by atoms with Crippen LogP contribution in [0.3, 0.4) is 0 Å². The number of pyridine rings is 1. The minimum absolute atomic E-state index is 0.103. The maximum absolute atomic E-state index is 13.6. The van der Waals surface area contributed by atoms with E-state index in [0.717, 1.165) is 11.1 Å². The molecule has 3 aromatic rings. The monoisotopic (exact) mass is 472 g/mol. The zero-order chi connectivity index (χ0) is 23.7. The topological polar surface area (TPSA) is 101 Å². The number of aromatic nitrogens is 3. The van der Waals surface area contributed by atoms with Crippen LogP contribution < -0.4 is 5.32 Å². The van der Waals surface area contributed by atoms with Crippen LogP contribution in [0.15, 0.2) is 24.5 Å². The van der Waals surface area contributed by atoms with Crippen molar-refractivity contribution in [1.82, 2.24) is 24.8 Å². The molecule has 0 bridgehead atoms. The number of aryl methyl sites for hydroxylation is 1. The predicted octanol–water partition coefficient (Wildman–Crippen LogP) is 3.62. The molecule has 3 aromatic heterocycles. The maximum Gasteiger partial charge on any atom is 0.409 e. The van der Waals surface area contributed by atoms with Crippen molar-refractivity contribution in [2.45, 2.75) is 32.9 Å². The van der Waals surface area contributed by atoms with Gasteiger partial charge in [0.1, 0.15) is 5.82 Å². The van der Waals surface area contributed by atoms with Gasteiger partial charge in [-0.1, -0.05) is 0 Å². The summed E-state index contributed by atoms with van der Waals surface area (Å²) >= 11 is 1.46. The second kappa shape index (κ2) is 9.26. The Morgan fingerprint density at radius 2 is 2.09 bits per heavy atom. The molecule has 0 unspecified atom stereocenters. The maximum atomic E-state index is 13.6. The molecule has 9 nitrogen and oxygen atoms in total. The number of thiophene rings is 1. The number of hydrogen-bond donors (Lipinski definition) is 1. The second-order valence-electron chi connectivity index (χ2n) is 7.94. The summed E-state index contributed by atoms with van der Waals surface area (Å²) in [7, 11) is 1.67. The lowest BCUT2D eigenvalue weighted by molar-refractivity contribution is 0.0283. The van der Waals surface area contributed by atoms with E-state index in [-0.39, 0.29) is 23.9 Å². The molecular formula is C22H25FN6O3S. The number of halogens is 1. The van der Waals surface area contributed by atoms with Gasteiger partial charge in [-0.3, -0.25) is 9.78 Å². The Labute approximate surface area is 194 Å². The number of carbonyl (C=O) groups excluding carboxylic acids is 2. The molecule has 1 saturated heterocycles. The third kappa shape index (κ3) is 4.72. The Morgan fingerprint density at radius 3 is 2.79 bits per heavy atom. The molecule has 33 heavy (non-hydrogen) atoms. The first-order chi connectivity index (χ1) is 15.8. The predicted molar refractivity (Wildman–Crippen MR) is 123 cm³/mol. The summed E-state index contributed by atoms with van der Waals surface area (Å²) in [6, 6.07) is 2.88. The molecule has 0 aromatic carbocycles. The first-order valence-electron chi connectivity index (χ1n) is 10.6. The molecule has 2 amide bonds. The molecule has 11 heteroatoms. The summed E-state index contributed by atoms with van der Waals surface area (Å²) in [5.41, 5.74) is 1.62. The minimum atomic E-state index is -0.429. The largest absolute Gasteiger partial charge is 0.450 e. The van der Waals surface area contributed by atoms with E-state index >= 15 is 0 Å². The SMILES string of the molecule is CCOC(=O)N(C)C1CN(C(=O)c2nc(N[C@@H](C)c3cncc(F)c3)nc3cc(C)sc23)C1. The van der Waals surface area contributed by atoms with Crippen LogP contribution >= 0.6 is 11.3 Å². The van der Waals surface area contributed by atoms with E-state index in [1.807, 2.05) is 19.9 Å². The Hall–Kier alpha value is -3.34. The lowest BCUT2D eigenvalue weighted by Crippen LogP contribution is -2.61. The van der Waals surface area contributed by atoms with Crippen LogP contribution in [0.1, 0.15) is 40.8 Å². The van der Waals surface area contributed by atoms with Crippen molar-refractivity contribution in [3.05, 3.63) is 46.5 Å². The summed E-state index contributed by atoms with van der Waals surface area (Å²) in [6.45, 7) is 6.65. The van der Waals surface area contributed by atoms with Gasteiger partial charge in [-0.05, 0) is 38.5 Å². The van der Waals surface area contributed by atoms with Crippen LogP contribution in [0.4, 0.5) is 15.1 Å². The molecule has 0 spiro atoms. The molecule has 1 fully saturated rings. The van der Waals surface area contributed by atoms with Gasteiger partial charge in [0.15, 0.2) is 5.69 Å². The van der Waals surface area contributed by atoms with Gasteiger partial charge >= 0.3 is 6.09 Å². The zero-order valence-electron chi connectivity index (χ0n) is 18.8. The van der Waals surface area contributed by atoms with Crippen LogP contribution in [0, 0.1) is 12.7 Å². The van der Waals surface area contributed by atoms with E-state index in [1.54, 1.807) is 25.1 Å². The molecule has 174 valence electrons. The van der Waals surface area contributed by atoms with Gasteiger partial charge in [0.05, 0.1) is 35.1 Å². The van der Waals surface area contributed by atoms with Crippen molar-refractivity contribution in [1.29, 1.82) is 0 Å². The number of nitrogens with one attached hydrogen (secondary N) is 1. The van der Waals surface area contributed by atoms with Crippen molar-refractivity contribution in [3.63, 3.8) is 0 Å². The number of nitrogens with zero attached hydrogens (tertiary/aromatic N) is 5. The fraction of sp³-hybridized carbons (Fsp3) is 0.409. The van der Waals surface area contributed by atoms with Crippen LogP contribution in [-0.2, 0) is 4.74 Å². The first kappa shape index (κ1) is 22.8. The summed E-state index contributed by atoms with van der Waals surface area (Å²) in [4.78, 5) is 42.3. The van der Waals surface area contributed by atoms with Gasteiger partial charge in [0.25, 0.3) is 5.91 Å². The number of anilines is 1. The van der Waals surface area contributed by atoms with Crippen molar-refractivity contribution < 1.29 is 18.7 Å². The van der Waals surface area contributed by atoms with E-state index in [9.17, 15) is 14.0 Å². The van der Waals surface area contributed by atoms with Crippen LogP contribution in [0.5, 0.6) is 0 Å². The van der Waals surface area contributed by atoms with Gasteiger partial charge in [0.2, 0.25) is 5.95 Å². The fourth-order valence-corrected chi connectivity index (χ4v) is 4.52. The lowest BCUT2D eigenvalue weighted by atomic mass is 10.1. The van der Waals surface area contributed by atoms with Crippen LogP contribution in [0.25, 0.3) is 10.2 Å². The Morgan fingerprint density at radius 1 is 1.33 bits per heavy atom. The summed E-state index contributed by atoms with van der Waals surface area (Å²) < 4.78 is 19.3. The number of fused-ring (bicyclic) bond motifs is 1. The van der Waals surface area contributed by atoms with Gasteiger partial charge < -0.3 is 19.9 Å². The number of rotatable bonds is 6. The zero-order valence-corrected chi connectivity index (χ0v) is 19.6. The molecule has 0 saturated carbocycles. The molecular weight excluding hydrogens is 447 g/mol. The number of amides is 2. The number of likely N-dealkylation sites (tertiary alicyclic amines) is 1. The Bertz CT molecular complexity index is 1200. The average molecular weight is 473 g/mol. The van der Waals surface area contributed by atoms with Crippen molar-refractivity contribution in [2.75, 3.05) is 32.1 Å². The first-order valence-corrected chi connectivity index (χ1v) is 11.4.